The van der Waals surface area contributed by atoms with Crippen LogP contribution >= 0.6 is 0 Å². The van der Waals surface area contributed by atoms with Crippen LogP contribution in [-0.2, 0) is 9.53 Å². The molecule has 0 amide bonds. The summed E-state index contributed by atoms with van der Waals surface area (Å²) in [5, 5.41) is 5.71. The largest absolute Gasteiger partial charge is 0.460 e. The van der Waals surface area contributed by atoms with Gasteiger partial charge in [0.05, 0.1) is 6.54 Å². The van der Waals surface area contributed by atoms with Gasteiger partial charge in [0.1, 0.15) is 6.10 Å². The summed E-state index contributed by atoms with van der Waals surface area (Å²) in [6.07, 6.45) is 0.840. The van der Waals surface area contributed by atoms with Gasteiger partial charge in [-0.05, 0) is 20.5 Å². The normalized spacial score (nSPS) is 12.6. The van der Waals surface area contributed by atoms with Gasteiger partial charge in [-0.15, -0.1) is 0 Å². The second-order valence-electron chi connectivity index (χ2n) is 2.61. The molecular formula is C8H18N2O2. The van der Waals surface area contributed by atoms with Crippen LogP contribution in [0.5, 0.6) is 0 Å². The van der Waals surface area contributed by atoms with E-state index in [1.165, 1.54) is 0 Å². The summed E-state index contributed by atoms with van der Waals surface area (Å²) < 4.78 is 5.12. The number of carbonyl (C=O) groups excluding carboxylic acids is 1. The fraction of sp³-hybridized carbons (Fsp3) is 0.875. The molecule has 1 atom stereocenters. The number of nitrogens with one attached hydrogen (secondary N) is 2. The molecule has 2 N–H and O–H groups in total. The first-order valence-corrected chi connectivity index (χ1v) is 4.23. The van der Waals surface area contributed by atoms with E-state index in [1.807, 2.05) is 14.0 Å². The van der Waals surface area contributed by atoms with Gasteiger partial charge in [-0.25, -0.2) is 0 Å². The van der Waals surface area contributed by atoms with E-state index in [1.54, 1.807) is 7.05 Å². The fourth-order valence-electron chi connectivity index (χ4n) is 0.869. The third kappa shape index (κ3) is 5.09. The first-order chi connectivity index (χ1) is 5.74. The van der Waals surface area contributed by atoms with Crippen molar-refractivity contribution in [1.29, 1.82) is 0 Å². The minimum atomic E-state index is -0.195. The molecule has 12 heavy (non-hydrogen) atoms. The molecule has 0 aromatic rings. The number of carbonyl (C=O) groups is 1. The third-order valence-electron chi connectivity index (χ3n) is 1.51. The zero-order valence-electron chi connectivity index (χ0n) is 8.02. The summed E-state index contributed by atoms with van der Waals surface area (Å²) in [7, 11) is 3.56. The van der Waals surface area contributed by atoms with Gasteiger partial charge in [0, 0.05) is 6.54 Å². The van der Waals surface area contributed by atoms with E-state index >= 15 is 0 Å². The Bertz CT molecular complexity index is 128. The first kappa shape index (κ1) is 11.4. The highest BCUT2D eigenvalue weighted by molar-refractivity contribution is 5.71. The Balaban J connectivity index is 3.61. The lowest BCUT2D eigenvalue weighted by Gasteiger charge is -2.15. The maximum atomic E-state index is 11.0. The zero-order chi connectivity index (χ0) is 9.40. The molecule has 1 unspecified atom stereocenters. The lowest BCUT2D eigenvalue weighted by Crippen LogP contribution is -2.31. The molecule has 0 heterocycles. The molecule has 0 bridgehead atoms. The van der Waals surface area contributed by atoms with E-state index in [2.05, 4.69) is 10.6 Å². The molecule has 4 heteroatoms. The molecule has 0 aliphatic heterocycles. The molecule has 0 fully saturated rings. The van der Waals surface area contributed by atoms with Crippen molar-refractivity contribution in [3.05, 3.63) is 0 Å². The summed E-state index contributed by atoms with van der Waals surface area (Å²) in [5.41, 5.74) is 0. The standard InChI is InChI=1S/C8H18N2O2/c1-4-7(5-9-2)12-8(11)6-10-3/h7,9-10H,4-6H2,1-3H3. The van der Waals surface area contributed by atoms with Gasteiger partial charge in [0.15, 0.2) is 0 Å². The van der Waals surface area contributed by atoms with Gasteiger partial charge in [0.25, 0.3) is 0 Å². The molecule has 0 radical (unpaired) electrons. The van der Waals surface area contributed by atoms with Crippen LogP contribution in [-0.4, -0.2) is 39.3 Å². The third-order valence-corrected chi connectivity index (χ3v) is 1.51. The summed E-state index contributed by atoms with van der Waals surface area (Å²) in [6, 6.07) is 0. The quantitative estimate of drug-likeness (QED) is 0.545. The van der Waals surface area contributed by atoms with Gasteiger partial charge >= 0.3 is 5.97 Å². The molecule has 0 aliphatic rings. The number of ether oxygens (including phenoxy) is 1. The second kappa shape index (κ2) is 7.06. The summed E-state index contributed by atoms with van der Waals surface area (Å²) in [5.74, 6) is -0.195. The molecule has 0 rings (SSSR count). The fourth-order valence-corrected chi connectivity index (χ4v) is 0.869. The Morgan fingerprint density at radius 3 is 2.50 bits per heavy atom. The van der Waals surface area contributed by atoms with E-state index in [0.29, 0.717) is 6.54 Å². The van der Waals surface area contributed by atoms with E-state index < -0.39 is 0 Å². The average molecular weight is 174 g/mol. The van der Waals surface area contributed by atoms with Crippen molar-refractivity contribution in [1.82, 2.24) is 10.6 Å². The summed E-state index contributed by atoms with van der Waals surface area (Å²) >= 11 is 0. The van der Waals surface area contributed by atoms with Crippen molar-refractivity contribution < 1.29 is 9.53 Å². The predicted octanol–water partition coefficient (Wildman–Crippen LogP) is -0.253. The molecule has 0 aromatic heterocycles. The van der Waals surface area contributed by atoms with Crippen LogP contribution in [0.1, 0.15) is 13.3 Å². The van der Waals surface area contributed by atoms with Crippen LogP contribution in [0.15, 0.2) is 0 Å². The van der Waals surface area contributed by atoms with E-state index in [9.17, 15) is 4.79 Å². The lowest BCUT2D eigenvalue weighted by atomic mass is 10.3. The lowest BCUT2D eigenvalue weighted by molar-refractivity contribution is -0.147. The van der Waals surface area contributed by atoms with Crippen LogP contribution in [0.3, 0.4) is 0 Å². The van der Waals surface area contributed by atoms with Gasteiger partial charge in [0.2, 0.25) is 0 Å². The molecule has 0 spiro atoms. The number of likely N-dealkylation sites (N-methyl/N-ethyl adjacent to an activating group) is 2. The highest BCUT2D eigenvalue weighted by atomic mass is 16.5. The smallest absolute Gasteiger partial charge is 0.320 e. The van der Waals surface area contributed by atoms with E-state index in [4.69, 9.17) is 4.74 Å². The highest BCUT2D eigenvalue weighted by Crippen LogP contribution is 1.95. The average Bonchev–Trinajstić information content (AvgIpc) is 2.04. The molecule has 0 aromatic carbocycles. The monoisotopic (exact) mass is 174 g/mol. The number of hydrogen-bond donors (Lipinski definition) is 2. The van der Waals surface area contributed by atoms with E-state index in [-0.39, 0.29) is 18.6 Å². The Morgan fingerprint density at radius 1 is 1.42 bits per heavy atom. The van der Waals surface area contributed by atoms with Crippen molar-refractivity contribution in [3.63, 3.8) is 0 Å². The van der Waals surface area contributed by atoms with Gasteiger partial charge in [-0.3, -0.25) is 4.79 Å². The Morgan fingerprint density at radius 2 is 2.08 bits per heavy atom. The Labute approximate surface area is 73.7 Å². The van der Waals surface area contributed by atoms with Crippen LogP contribution in [0, 0.1) is 0 Å². The minimum absolute atomic E-state index is 0.00384. The van der Waals surface area contributed by atoms with Gasteiger partial charge in [-0.2, -0.15) is 0 Å². The minimum Gasteiger partial charge on any atom is -0.460 e. The van der Waals surface area contributed by atoms with Gasteiger partial charge < -0.3 is 15.4 Å². The van der Waals surface area contributed by atoms with Crippen LogP contribution in [0.2, 0.25) is 0 Å². The number of rotatable bonds is 6. The van der Waals surface area contributed by atoms with Gasteiger partial charge in [-0.1, -0.05) is 6.92 Å². The topological polar surface area (TPSA) is 50.4 Å². The van der Waals surface area contributed by atoms with Crippen molar-refractivity contribution >= 4 is 5.97 Å². The number of esters is 1. The Hall–Kier alpha value is -0.610. The number of hydrogen-bond acceptors (Lipinski definition) is 4. The molecule has 0 saturated heterocycles. The maximum absolute atomic E-state index is 11.0. The molecule has 0 aliphatic carbocycles. The maximum Gasteiger partial charge on any atom is 0.320 e. The Kier molecular flexibility index (Phi) is 6.70. The first-order valence-electron chi connectivity index (χ1n) is 4.23. The highest BCUT2D eigenvalue weighted by Gasteiger charge is 2.09. The molecule has 4 nitrogen and oxygen atoms in total. The van der Waals surface area contributed by atoms with Crippen molar-refractivity contribution in [2.75, 3.05) is 27.2 Å². The predicted molar refractivity (Wildman–Crippen MR) is 48.0 cm³/mol. The van der Waals surface area contributed by atoms with Crippen molar-refractivity contribution in [3.8, 4) is 0 Å². The molecular weight excluding hydrogens is 156 g/mol. The van der Waals surface area contributed by atoms with Crippen molar-refractivity contribution in [2.45, 2.75) is 19.4 Å². The molecule has 72 valence electrons. The molecule has 0 saturated carbocycles. The second-order valence-corrected chi connectivity index (χ2v) is 2.61. The SMILES string of the molecule is CCC(CNC)OC(=O)CNC. The zero-order valence-corrected chi connectivity index (χ0v) is 8.02. The van der Waals surface area contributed by atoms with Crippen LogP contribution in [0.25, 0.3) is 0 Å². The van der Waals surface area contributed by atoms with Crippen LogP contribution in [0.4, 0.5) is 0 Å². The summed E-state index contributed by atoms with van der Waals surface area (Å²) in [4.78, 5) is 11.0. The van der Waals surface area contributed by atoms with Crippen LogP contribution < -0.4 is 10.6 Å². The van der Waals surface area contributed by atoms with Crippen molar-refractivity contribution in [2.24, 2.45) is 0 Å². The summed E-state index contributed by atoms with van der Waals surface area (Å²) in [6.45, 7) is 2.99. The van der Waals surface area contributed by atoms with E-state index in [0.717, 1.165) is 6.42 Å².